The van der Waals surface area contributed by atoms with Gasteiger partial charge in [-0.25, -0.2) is 0 Å². The van der Waals surface area contributed by atoms with Gasteiger partial charge >= 0.3 is 76.8 Å². The van der Waals surface area contributed by atoms with Crippen molar-refractivity contribution in [3.8, 4) is 0 Å². The van der Waals surface area contributed by atoms with Gasteiger partial charge in [0.2, 0.25) is 0 Å². The molecule has 0 amide bonds. The van der Waals surface area contributed by atoms with Crippen LogP contribution in [-0.2, 0) is 4.79 Å². The standard InChI is InChI=1S/C8H12IO2/c1-5(2)9-8-6(10)3-4-7(8)11/h5,10H,3-4H2,1-2H3/q-1. The topological polar surface area (TPSA) is 37.3 Å². The van der Waals surface area contributed by atoms with E-state index in [1.165, 1.54) is 0 Å². The fraction of sp³-hybridized carbons (Fsp3) is 0.625. The molecule has 3 heteroatoms. The Labute approximate surface area is 76.9 Å². The van der Waals surface area contributed by atoms with Gasteiger partial charge in [0.1, 0.15) is 0 Å². The van der Waals surface area contributed by atoms with E-state index in [1.807, 2.05) is 0 Å². The summed E-state index contributed by atoms with van der Waals surface area (Å²) in [5.41, 5.74) is 0. The Morgan fingerprint density at radius 2 is 2.09 bits per heavy atom. The summed E-state index contributed by atoms with van der Waals surface area (Å²) in [6.45, 7) is 4.19. The molecule has 0 fully saturated rings. The molecule has 0 unspecified atom stereocenters. The van der Waals surface area contributed by atoms with Crippen molar-refractivity contribution in [3.05, 3.63) is 9.34 Å². The zero-order valence-electron chi connectivity index (χ0n) is 6.72. The molecule has 2 nitrogen and oxygen atoms in total. The predicted octanol–water partition coefficient (Wildman–Crippen LogP) is -1.38. The van der Waals surface area contributed by atoms with Crippen molar-refractivity contribution >= 4 is 5.78 Å². The fourth-order valence-electron chi connectivity index (χ4n) is 0.954. The van der Waals surface area contributed by atoms with E-state index in [2.05, 4.69) is 13.8 Å². The second-order valence-electron chi connectivity index (χ2n) is 2.81. The van der Waals surface area contributed by atoms with Gasteiger partial charge < -0.3 is 0 Å². The summed E-state index contributed by atoms with van der Waals surface area (Å²) in [4.78, 5) is 11.1. The summed E-state index contributed by atoms with van der Waals surface area (Å²) in [7, 11) is 0. The van der Waals surface area contributed by atoms with Gasteiger partial charge in [-0.15, -0.1) is 0 Å². The van der Waals surface area contributed by atoms with Gasteiger partial charge in [-0.05, 0) is 0 Å². The number of carbonyl (C=O) groups excluding carboxylic acids is 1. The quantitative estimate of drug-likeness (QED) is 0.494. The third-order valence-electron chi connectivity index (χ3n) is 1.41. The molecule has 0 aliphatic heterocycles. The van der Waals surface area contributed by atoms with E-state index in [9.17, 15) is 9.90 Å². The number of aliphatic hydroxyl groups is 1. The number of halogens is 1. The minimum atomic E-state index is -0.239. The van der Waals surface area contributed by atoms with Gasteiger partial charge in [0, 0.05) is 0 Å². The van der Waals surface area contributed by atoms with Crippen LogP contribution in [0.1, 0.15) is 26.7 Å². The Bertz CT molecular complexity index is 206. The van der Waals surface area contributed by atoms with Crippen molar-refractivity contribution in [1.82, 2.24) is 0 Å². The number of aliphatic hydroxyl groups excluding tert-OH is 1. The van der Waals surface area contributed by atoms with Crippen LogP contribution in [0.15, 0.2) is 9.34 Å². The van der Waals surface area contributed by atoms with E-state index in [-0.39, 0.29) is 27.0 Å². The predicted molar refractivity (Wildman–Crippen MR) is 39.0 cm³/mol. The minimum absolute atomic E-state index is 0.184. The summed E-state index contributed by atoms with van der Waals surface area (Å²) in [5, 5.41) is 9.29. The number of hydrogen-bond acceptors (Lipinski definition) is 2. The van der Waals surface area contributed by atoms with Crippen LogP contribution in [-0.4, -0.2) is 14.8 Å². The van der Waals surface area contributed by atoms with Crippen molar-refractivity contribution in [2.45, 2.75) is 30.6 Å². The average molecular weight is 267 g/mol. The second kappa shape index (κ2) is 3.56. The molecule has 1 aliphatic rings. The van der Waals surface area contributed by atoms with Crippen LogP contribution in [0.2, 0.25) is 0 Å². The number of Topliss-reactive ketones (excluding diaryl/α,β-unsaturated/α-hetero) is 1. The van der Waals surface area contributed by atoms with Gasteiger partial charge in [-0.3, -0.25) is 0 Å². The molecule has 0 heterocycles. The van der Waals surface area contributed by atoms with Gasteiger partial charge in [0.25, 0.3) is 0 Å². The molecule has 0 atom stereocenters. The first-order valence-electron chi connectivity index (χ1n) is 3.70. The summed E-state index contributed by atoms with van der Waals surface area (Å²) in [6, 6.07) is 0. The number of ketones is 1. The van der Waals surface area contributed by atoms with E-state index in [0.29, 0.717) is 22.5 Å². The van der Waals surface area contributed by atoms with E-state index in [1.54, 1.807) is 0 Å². The Hall–Kier alpha value is -0.0600. The maximum absolute atomic E-state index is 11.1. The molecule has 1 N–H and O–H groups in total. The van der Waals surface area contributed by atoms with Gasteiger partial charge in [0.05, 0.1) is 0 Å². The summed E-state index contributed by atoms with van der Waals surface area (Å²) in [6.07, 6.45) is 1.12. The van der Waals surface area contributed by atoms with Gasteiger partial charge in [-0.2, -0.15) is 0 Å². The Balaban J connectivity index is 2.67. The molecule has 0 saturated heterocycles. The third-order valence-corrected chi connectivity index (χ3v) is 4.51. The Morgan fingerprint density at radius 1 is 1.45 bits per heavy atom. The van der Waals surface area contributed by atoms with Crippen LogP contribution < -0.4 is 21.2 Å². The zero-order chi connectivity index (χ0) is 8.43. The van der Waals surface area contributed by atoms with Crippen LogP contribution in [0.25, 0.3) is 0 Å². The van der Waals surface area contributed by atoms with Crippen molar-refractivity contribution in [1.29, 1.82) is 0 Å². The molecule has 0 spiro atoms. The van der Waals surface area contributed by atoms with Crippen LogP contribution in [0.4, 0.5) is 0 Å². The molecule has 1 rings (SSSR count). The van der Waals surface area contributed by atoms with Crippen molar-refractivity contribution in [3.63, 3.8) is 0 Å². The van der Waals surface area contributed by atoms with Crippen LogP contribution in [0.3, 0.4) is 0 Å². The molecule has 0 aromatic heterocycles. The number of allylic oxidation sites excluding steroid dienone is 2. The number of alkyl halides is 1. The fourth-order valence-corrected chi connectivity index (χ4v) is 3.45. The number of carbonyl (C=O) groups is 1. The molecule has 11 heavy (non-hydrogen) atoms. The van der Waals surface area contributed by atoms with Gasteiger partial charge in [-0.1, -0.05) is 0 Å². The summed E-state index contributed by atoms with van der Waals surface area (Å²) in [5.74, 6) is 0.556. The molecule has 1 aliphatic carbocycles. The molecule has 0 aromatic carbocycles. The number of hydrogen-bond donors (Lipinski definition) is 1. The summed E-state index contributed by atoms with van der Waals surface area (Å²) >= 11 is -0.239. The van der Waals surface area contributed by atoms with Crippen LogP contribution in [0.5, 0.6) is 0 Å². The maximum atomic E-state index is 11.1. The molecular weight excluding hydrogens is 255 g/mol. The summed E-state index contributed by atoms with van der Waals surface area (Å²) < 4.78 is 1.34. The van der Waals surface area contributed by atoms with Crippen LogP contribution in [0, 0.1) is 0 Å². The molecule has 64 valence electrons. The van der Waals surface area contributed by atoms with E-state index < -0.39 is 0 Å². The van der Waals surface area contributed by atoms with Crippen molar-refractivity contribution in [2.24, 2.45) is 0 Å². The second-order valence-corrected chi connectivity index (χ2v) is 7.00. The SMILES string of the molecule is CC(C)[I-]C1=C(O)CCC1=O. The Morgan fingerprint density at radius 3 is 2.45 bits per heavy atom. The average Bonchev–Trinajstić information content (AvgIpc) is 2.18. The molecule has 0 radical (unpaired) electrons. The van der Waals surface area contributed by atoms with Gasteiger partial charge in [0.15, 0.2) is 0 Å². The molecule has 0 aromatic rings. The first-order valence-corrected chi connectivity index (χ1v) is 6.02. The van der Waals surface area contributed by atoms with Crippen molar-refractivity contribution in [2.75, 3.05) is 0 Å². The Kier molecular flexibility index (Phi) is 2.92. The first-order chi connectivity index (χ1) is 5.11. The van der Waals surface area contributed by atoms with E-state index >= 15 is 0 Å². The molecular formula is C8H12IO2-. The van der Waals surface area contributed by atoms with Crippen LogP contribution >= 0.6 is 0 Å². The van der Waals surface area contributed by atoms with E-state index in [4.69, 9.17) is 0 Å². The number of rotatable bonds is 2. The first kappa shape index (κ1) is 9.03. The molecule has 0 saturated carbocycles. The van der Waals surface area contributed by atoms with E-state index in [0.717, 1.165) is 3.58 Å². The third kappa shape index (κ3) is 2.18. The normalized spacial score (nSPS) is 19.0. The van der Waals surface area contributed by atoms with Crippen molar-refractivity contribution < 1.29 is 31.1 Å². The monoisotopic (exact) mass is 267 g/mol. The molecule has 0 bridgehead atoms. The zero-order valence-corrected chi connectivity index (χ0v) is 8.88.